The molecular formula is C16H15ClN4O. The molecule has 3 rings (SSSR count). The second kappa shape index (κ2) is 6.15. The van der Waals surface area contributed by atoms with Crippen molar-refractivity contribution >= 4 is 28.5 Å². The summed E-state index contributed by atoms with van der Waals surface area (Å²) in [5.74, 6) is -0.122. The van der Waals surface area contributed by atoms with Crippen molar-refractivity contribution in [2.45, 2.75) is 19.5 Å². The van der Waals surface area contributed by atoms with Crippen LogP contribution >= 0.6 is 11.6 Å². The van der Waals surface area contributed by atoms with Gasteiger partial charge in [0.25, 0.3) is 0 Å². The molecule has 0 aliphatic heterocycles. The van der Waals surface area contributed by atoms with Gasteiger partial charge < -0.3 is 5.32 Å². The summed E-state index contributed by atoms with van der Waals surface area (Å²) in [6.07, 6.45) is 0. The number of amides is 1. The third-order valence-electron chi connectivity index (χ3n) is 3.44. The first-order valence-electron chi connectivity index (χ1n) is 6.96. The summed E-state index contributed by atoms with van der Waals surface area (Å²) >= 11 is 5.97. The fourth-order valence-electron chi connectivity index (χ4n) is 2.32. The second-order valence-corrected chi connectivity index (χ2v) is 5.52. The van der Waals surface area contributed by atoms with Gasteiger partial charge in [0, 0.05) is 5.02 Å². The molecule has 0 aliphatic carbocycles. The van der Waals surface area contributed by atoms with E-state index in [1.165, 1.54) is 0 Å². The zero-order chi connectivity index (χ0) is 15.5. The third-order valence-corrected chi connectivity index (χ3v) is 3.67. The highest BCUT2D eigenvalue weighted by atomic mass is 35.5. The van der Waals surface area contributed by atoms with Gasteiger partial charge in [0.1, 0.15) is 12.1 Å². The van der Waals surface area contributed by atoms with Gasteiger partial charge in [-0.25, -0.2) is 4.68 Å². The number of rotatable bonds is 4. The molecule has 1 aromatic heterocycles. The topological polar surface area (TPSA) is 59.8 Å². The Kier molecular flexibility index (Phi) is 4.06. The van der Waals surface area contributed by atoms with Gasteiger partial charge in [0.05, 0.1) is 11.6 Å². The number of aromatic nitrogens is 3. The fourth-order valence-corrected chi connectivity index (χ4v) is 2.52. The van der Waals surface area contributed by atoms with E-state index >= 15 is 0 Å². The largest absolute Gasteiger partial charge is 0.348 e. The maximum Gasteiger partial charge on any atom is 0.242 e. The lowest BCUT2D eigenvalue weighted by atomic mass is 10.1. The van der Waals surface area contributed by atoms with E-state index in [1.54, 1.807) is 10.7 Å². The van der Waals surface area contributed by atoms with Crippen molar-refractivity contribution in [3.8, 4) is 0 Å². The van der Waals surface area contributed by atoms with Gasteiger partial charge in [-0.2, -0.15) is 0 Å². The van der Waals surface area contributed by atoms with Crippen molar-refractivity contribution in [3.05, 3.63) is 59.1 Å². The van der Waals surface area contributed by atoms with E-state index in [0.717, 1.165) is 16.6 Å². The Balaban J connectivity index is 1.70. The zero-order valence-corrected chi connectivity index (χ0v) is 12.8. The highest BCUT2D eigenvalue weighted by Gasteiger charge is 2.12. The molecular weight excluding hydrogens is 300 g/mol. The number of hydrogen-bond acceptors (Lipinski definition) is 3. The molecule has 0 fully saturated rings. The molecule has 1 heterocycles. The standard InChI is InChI=1S/C16H15ClN4O/c1-11(12-5-4-6-13(17)9-12)18-16(22)10-21-15-8-3-2-7-14(15)19-20-21/h2-9,11H,10H2,1H3,(H,18,22)/t11-/m0/s1. The molecule has 0 spiro atoms. The van der Waals surface area contributed by atoms with Crippen molar-refractivity contribution < 1.29 is 4.79 Å². The average Bonchev–Trinajstić information content (AvgIpc) is 2.90. The lowest BCUT2D eigenvalue weighted by Crippen LogP contribution is -2.30. The lowest BCUT2D eigenvalue weighted by molar-refractivity contribution is -0.122. The Morgan fingerprint density at radius 2 is 2.09 bits per heavy atom. The minimum Gasteiger partial charge on any atom is -0.348 e. The molecule has 22 heavy (non-hydrogen) atoms. The molecule has 0 aliphatic rings. The van der Waals surface area contributed by atoms with E-state index in [0.29, 0.717) is 5.02 Å². The number of para-hydroxylation sites is 1. The summed E-state index contributed by atoms with van der Waals surface area (Å²) in [4.78, 5) is 12.2. The van der Waals surface area contributed by atoms with Gasteiger partial charge in [0.2, 0.25) is 5.91 Å². The summed E-state index contributed by atoms with van der Waals surface area (Å²) in [6.45, 7) is 2.05. The Bertz CT molecular complexity index is 815. The normalized spacial score (nSPS) is 12.3. The van der Waals surface area contributed by atoms with Gasteiger partial charge in [-0.15, -0.1) is 5.10 Å². The Labute approximate surface area is 132 Å². The molecule has 2 aromatic carbocycles. The van der Waals surface area contributed by atoms with Gasteiger partial charge in [-0.1, -0.05) is 41.1 Å². The molecule has 0 unspecified atom stereocenters. The van der Waals surface area contributed by atoms with Crippen LogP contribution in [0.4, 0.5) is 0 Å². The zero-order valence-electron chi connectivity index (χ0n) is 12.0. The van der Waals surface area contributed by atoms with Crippen molar-refractivity contribution in [2.75, 3.05) is 0 Å². The first kappa shape index (κ1) is 14.5. The number of benzene rings is 2. The predicted octanol–water partition coefficient (Wildman–Crippen LogP) is 2.96. The quantitative estimate of drug-likeness (QED) is 0.805. The molecule has 1 atom stereocenters. The Hall–Kier alpha value is -2.40. The monoisotopic (exact) mass is 314 g/mol. The predicted molar refractivity (Wildman–Crippen MR) is 85.5 cm³/mol. The van der Waals surface area contributed by atoms with Crippen molar-refractivity contribution in [1.29, 1.82) is 0 Å². The molecule has 0 saturated carbocycles. The summed E-state index contributed by atoms with van der Waals surface area (Å²) < 4.78 is 1.59. The van der Waals surface area contributed by atoms with Gasteiger partial charge in [-0.05, 0) is 36.8 Å². The van der Waals surface area contributed by atoms with Crippen LogP contribution in [0.2, 0.25) is 5.02 Å². The SMILES string of the molecule is C[C@H](NC(=O)Cn1nnc2ccccc21)c1cccc(Cl)c1. The van der Waals surface area contributed by atoms with Crippen LogP contribution in [0, 0.1) is 0 Å². The van der Waals surface area contributed by atoms with Crippen LogP contribution in [0.1, 0.15) is 18.5 Å². The van der Waals surface area contributed by atoms with E-state index < -0.39 is 0 Å². The van der Waals surface area contributed by atoms with Gasteiger partial charge >= 0.3 is 0 Å². The van der Waals surface area contributed by atoms with E-state index in [-0.39, 0.29) is 18.5 Å². The van der Waals surface area contributed by atoms with Crippen LogP contribution in [0.3, 0.4) is 0 Å². The molecule has 1 N–H and O–H groups in total. The lowest BCUT2D eigenvalue weighted by Gasteiger charge is -2.14. The van der Waals surface area contributed by atoms with Crippen LogP contribution in [0.15, 0.2) is 48.5 Å². The van der Waals surface area contributed by atoms with Crippen LogP contribution in [-0.2, 0) is 11.3 Å². The number of nitrogens with zero attached hydrogens (tertiary/aromatic N) is 3. The maximum atomic E-state index is 12.2. The second-order valence-electron chi connectivity index (χ2n) is 5.08. The molecule has 5 nitrogen and oxygen atoms in total. The smallest absolute Gasteiger partial charge is 0.242 e. The molecule has 0 bridgehead atoms. The van der Waals surface area contributed by atoms with E-state index in [4.69, 9.17) is 11.6 Å². The first-order valence-corrected chi connectivity index (χ1v) is 7.34. The number of hydrogen-bond donors (Lipinski definition) is 1. The van der Waals surface area contributed by atoms with E-state index in [2.05, 4.69) is 15.6 Å². The number of halogens is 1. The molecule has 1 amide bonds. The van der Waals surface area contributed by atoms with Crippen molar-refractivity contribution in [3.63, 3.8) is 0 Å². The van der Waals surface area contributed by atoms with E-state index in [9.17, 15) is 4.79 Å². The van der Waals surface area contributed by atoms with Gasteiger partial charge in [0.15, 0.2) is 0 Å². The Morgan fingerprint density at radius 1 is 1.27 bits per heavy atom. The first-order chi connectivity index (χ1) is 10.6. The highest BCUT2D eigenvalue weighted by molar-refractivity contribution is 6.30. The Morgan fingerprint density at radius 3 is 2.91 bits per heavy atom. The minimum atomic E-state index is -0.124. The molecule has 3 aromatic rings. The highest BCUT2D eigenvalue weighted by Crippen LogP contribution is 2.17. The summed E-state index contributed by atoms with van der Waals surface area (Å²) in [7, 11) is 0. The summed E-state index contributed by atoms with van der Waals surface area (Å²) in [5.41, 5.74) is 2.58. The van der Waals surface area contributed by atoms with Crippen molar-refractivity contribution in [2.24, 2.45) is 0 Å². The number of fused-ring (bicyclic) bond motifs is 1. The number of carbonyl (C=O) groups is 1. The third kappa shape index (κ3) is 3.09. The number of nitrogens with one attached hydrogen (secondary N) is 1. The molecule has 6 heteroatoms. The molecule has 0 radical (unpaired) electrons. The van der Waals surface area contributed by atoms with Gasteiger partial charge in [-0.3, -0.25) is 4.79 Å². The fraction of sp³-hybridized carbons (Fsp3) is 0.188. The van der Waals surface area contributed by atoms with Crippen LogP contribution in [0.5, 0.6) is 0 Å². The van der Waals surface area contributed by atoms with Crippen LogP contribution in [0.25, 0.3) is 11.0 Å². The van der Waals surface area contributed by atoms with Crippen LogP contribution in [-0.4, -0.2) is 20.9 Å². The minimum absolute atomic E-state index is 0.122. The van der Waals surface area contributed by atoms with E-state index in [1.807, 2.05) is 49.4 Å². The summed E-state index contributed by atoms with van der Waals surface area (Å²) in [6, 6.07) is 14.9. The molecule has 112 valence electrons. The van der Waals surface area contributed by atoms with Crippen LogP contribution < -0.4 is 5.32 Å². The average molecular weight is 315 g/mol. The number of carbonyl (C=O) groups excluding carboxylic acids is 1. The van der Waals surface area contributed by atoms with Crippen molar-refractivity contribution in [1.82, 2.24) is 20.3 Å². The summed E-state index contributed by atoms with van der Waals surface area (Å²) in [5, 5.41) is 11.6. The molecule has 0 saturated heterocycles. The maximum absolute atomic E-state index is 12.2.